The van der Waals surface area contributed by atoms with Crippen molar-refractivity contribution in [3.05, 3.63) is 45.9 Å². The van der Waals surface area contributed by atoms with E-state index >= 15 is 0 Å². The molecule has 7 heteroatoms. The summed E-state index contributed by atoms with van der Waals surface area (Å²) >= 11 is 3.39. The minimum absolute atomic E-state index is 0.0609. The van der Waals surface area contributed by atoms with E-state index in [2.05, 4.69) is 15.7 Å². The van der Waals surface area contributed by atoms with Gasteiger partial charge in [-0.25, -0.2) is 4.98 Å². The molecule has 2 amide bonds. The van der Waals surface area contributed by atoms with Gasteiger partial charge in [-0.3, -0.25) is 9.59 Å². The summed E-state index contributed by atoms with van der Waals surface area (Å²) in [5.74, 6) is 1.90. The molecule has 0 radical (unpaired) electrons. The first-order chi connectivity index (χ1) is 12.6. The zero-order chi connectivity index (χ0) is 18.4. The Balaban J connectivity index is 1.35. The number of carbonyl (C=O) groups excluding carboxylic acids is 2. The second kappa shape index (κ2) is 9.19. The first kappa shape index (κ1) is 18.9. The quantitative estimate of drug-likeness (QED) is 0.702. The van der Waals surface area contributed by atoms with Crippen LogP contribution in [0.3, 0.4) is 0 Å². The second-order valence-corrected chi connectivity index (χ2v) is 8.42. The predicted octanol–water partition coefficient (Wildman–Crippen LogP) is 3.52. The minimum Gasteiger partial charge on any atom is -0.352 e. The van der Waals surface area contributed by atoms with Gasteiger partial charge in [-0.05, 0) is 31.0 Å². The number of rotatable bonds is 8. The van der Waals surface area contributed by atoms with Gasteiger partial charge >= 0.3 is 0 Å². The maximum absolute atomic E-state index is 12.0. The van der Waals surface area contributed by atoms with E-state index < -0.39 is 0 Å². The number of anilines is 1. The lowest BCUT2D eigenvalue weighted by atomic mass is 10.2. The summed E-state index contributed by atoms with van der Waals surface area (Å²) in [5.41, 5.74) is 3.07. The molecule has 0 saturated carbocycles. The lowest BCUT2D eigenvalue weighted by Gasteiger charge is -2.16. The van der Waals surface area contributed by atoms with Crippen molar-refractivity contribution < 1.29 is 9.59 Å². The Labute approximate surface area is 162 Å². The molecule has 3 rings (SSSR count). The molecule has 0 aliphatic carbocycles. The molecule has 0 bridgehead atoms. The fourth-order valence-electron chi connectivity index (χ4n) is 2.82. The van der Waals surface area contributed by atoms with Crippen LogP contribution in [-0.4, -0.2) is 29.1 Å². The van der Waals surface area contributed by atoms with E-state index in [0.717, 1.165) is 46.4 Å². The smallest absolute Gasteiger partial charge is 0.227 e. The summed E-state index contributed by atoms with van der Waals surface area (Å²) in [4.78, 5) is 30.0. The molecule has 0 spiro atoms. The molecule has 1 aliphatic rings. The molecule has 1 N–H and O–H groups in total. The van der Waals surface area contributed by atoms with Crippen molar-refractivity contribution in [1.29, 1.82) is 0 Å². The standard InChI is InChI=1S/C19H23N3O2S2/c1-14-21-16(13-26-14)12-25-10-8-18(23)20-11-15-4-6-17(7-5-15)22-9-2-3-19(22)24/h4-7,13H,2-3,8-12H2,1H3,(H,20,23). The molecule has 0 unspecified atom stereocenters. The molecule has 1 fully saturated rings. The van der Waals surface area contributed by atoms with Gasteiger partial charge in [0.2, 0.25) is 11.8 Å². The molecule has 138 valence electrons. The van der Waals surface area contributed by atoms with Gasteiger partial charge in [0, 0.05) is 48.5 Å². The van der Waals surface area contributed by atoms with Crippen molar-refractivity contribution in [2.24, 2.45) is 0 Å². The maximum Gasteiger partial charge on any atom is 0.227 e. The van der Waals surface area contributed by atoms with Crippen LogP contribution < -0.4 is 10.2 Å². The van der Waals surface area contributed by atoms with Crippen molar-refractivity contribution in [3.8, 4) is 0 Å². The van der Waals surface area contributed by atoms with E-state index in [1.807, 2.05) is 36.1 Å². The molecule has 2 aromatic rings. The number of nitrogens with zero attached hydrogens (tertiary/aromatic N) is 2. The molecular formula is C19H23N3O2S2. The van der Waals surface area contributed by atoms with E-state index in [9.17, 15) is 9.59 Å². The number of thioether (sulfide) groups is 1. The molecule has 26 heavy (non-hydrogen) atoms. The number of amides is 2. The van der Waals surface area contributed by atoms with E-state index in [-0.39, 0.29) is 11.8 Å². The Morgan fingerprint density at radius 2 is 2.15 bits per heavy atom. The van der Waals surface area contributed by atoms with Crippen molar-refractivity contribution in [2.75, 3.05) is 17.2 Å². The first-order valence-electron chi connectivity index (χ1n) is 8.76. The van der Waals surface area contributed by atoms with E-state index in [0.29, 0.717) is 19.4 Å². The van der Waals surface area contributed by atoms with E-state index in [4.69, 9.17) is 0 Å². The summed E-state index contributed by atoms with van der Waals surface area (Å²) in [5, 5.41) is 6.11. The van der Waals surface area contributed by atoms with Gasteiger partial charge in [-0.2, -0.15) is 11.8 Å². The third kappa shape index (κ3) is 5.32. The van der Waals surface area contributed by atoms with Crippen LogP contribution in [0.25, 0.3) is 0 Å². The van der Waals surface area contributed by atoms with Crippen LogP contribution in [0.5, 0.6) is 0 Å². The topological polar surface area (TPSA) is 62.3 Å². The summed E-state index contributed by atoms with van der Waals surface area (Å²) in [6, 6.07) is 7.86. The number of hydrogen-bond acceptors (Lipinski definition) is 5. The molecule has 5 nitrogen and oxygen atoms in total. The number of carbonyl (C=O) groups is 2. The fraction of sp³-hybridized carbons (Fsp3) is 0.421. The number of aryl methyl sites for hydroxylation is 1. The third-order valence-corrected chi connectivity index (χ3v) is 6.02. The predicted molar refractivity (Wildman–Crippen MR) is 108 cm³/mol. The Bertz CT molecular complexity index is 758. The molecule has 1 aromatic heterocycles. The summed E-state index contributed by atoms with van der Waals surface area (Å²) in [6.07, 6.45) is 2.07. The van der Waals surface area contributed by atoms with Crippen LogP contribution in [0.4, 0.5) is 5.69 Å². The Morgan fingerprint density at radius 1 is 1.35 bits per heavy atom. The summed E-state index contributed by atoms with van der Waals surface area (Å²) < 4.78 is 0. The average Bonchev–Trinajstić information content (AvgIpc) is 3.25. The lowest BCUT2D eigenvalue weighted by molar-refractivity contribution is -0.121. The van der Waals surface area contributed by atoms with Crippen LogP contribution in [0.2, 0.25) is 0 Å². The van der Waals surface area contributed by atoms with Gasteiger partial charge in [0.15, 0.2) is 0 Å². The van der Waals surface area contributed by atoms with Gasteiger partial charge < -0.3 is 10.2 Å². The number of nitrogens with one attached hydrogen (secondary N) is 1. The number of hydrogen-bond donors (Lipinski definition) is 1. The zero-order valence-corrected chi connectivity index (χ0v) is 16.5. The van der Waals surface area contributed by atoms with Crippen molar-refractivity contribution in [2.45, 2.75) is 38.5 Å². The van der Waals surface area contributed by atoms with Crippen LogP contribution in [0.15, 0.2) is 29.6 Å². The van der Waals surface area contributed by atoms with Gasteiger partial charge in [0.25, 0.3) is 0 Å². The SMILES string of the molecule is Cc1nc(CSCCC(=O)NCc2ccc(N3CCCC3=O)cc2)cs1. The highest BCUT2D eigenvalue weighted by molar-refractivity contribution is 7.98. The Hall–Kier alpha value is -1.86. The monoisotopic (exact) mass is 389 g/mol. The molecular weight excluding hydrogens is 366 g/mol. The van der Waals surface area contributed by atoms with Gasteiger partial charge in [-0.1, -0.05) is 12.1 Å². The lowest BCUT2D eigenvalue weighted by Crippen LogP contribution is -2.24. The number of thiazole rings is 1. The zero-order valence-electron chi connectivity index (χ0n) is 14.9. The highest BCUT2D eigenvalue weighted by Crippen LogP contribution is 2.21. The van der Waals surface area contributed by atoms with Crippen molar-refractivity contribution in [3.63, 3.8) is 0 Å². The average molecular weight is 390 g/mol. The molecule has 1 saturated heterocycles. The fourth-order valence-corrected chi connectivity index (χ4v) is 4.37. The van der Waals surface area contributed by atoms with E-state index in [1.54, 1.807) is 23.1 Å². The number of benzene rings is 1. The van der Waals surface area contributed by atoms with Crippen LogP contribution in [0, 0.1) is 6.92 Å². The second-order valence-electron chi connectivity index (χ2n) is 6.25. The summed E-state index contributed by atoms with van der Waals surface area (Å²) in [7, 11) is 0. The van der Waals surface area contributed by atoms with Crippen LogP contribution in [0.1, 0.15) is 35.5 Å². The normalized spacial score (nSPS) is 14.0. The summed E-state index contributed by atoms with van der Waals surface area (Å²) in [6.45, 7) is 3.32. The van der Waals surface area contributed by atoms with Crippen molar-refractivity contribution in [1.82, 2.24) is 10.3 Å². The van der Waals surface area contributed by atoms with Gasteiger partial charge in [0.05, 0.1) is 10.7 Å². The van der Waals surface area contributed by atoms with Crippen LogP contribution in [-0.2, 0) is 21.9 Å². The maximum atomic E-state index is 12.0. The highest BCUT2D eigenvalue weighted by atomic mass is 32.2. The third-order valence-electron chi connectivity index (χ3n) is 4.20. The number of aromatic nitrogens is 1. The minimum atomic E-state index is 0.0609. The Morgan fingerprint density at radius 3 is 2.81 bits per heavy atom. The van der Waals surface area contributed by atoms with Crippen molar-refractivity contribution >= 4 is 40.6 Å². The Kier molecular flexibility index (Phi) is 6.68. The first-order valence-corrected chi connectivity index (χ1v) is 10.8. The van der Waals surface area contributed by atoms with Gasteiger partial charge in [-0.15, -0.1) is 11.3 Å². The molecule has 1 aliphatic heterocycles. The largest absolute Gasteiger partial charge is 0.352 e. The van der Waals surface area contributed by atoms with Gasteiger partial charge in [0.1, 0.15) is 0 Å². The van der Waals surface area contributed by atoms with E-state index in [1.165, 1.54) is 0 Å². The molecule has 2 heterocycles. The molecule has 1 aromatic carbocycles. The highest BCUT2D eigenvalue weighted by Gasteiger charge is 2.21. The molecule has 0 atom stereocenters. The van der Waals surface area contributed by atoms with Crippen LogP contribution >= 0.6 is 23.1 Å².